The summed E-state index contributed by atoms with van der Waals surface area (Å²) in [7, 11) is 2.14. The van der Waals surface area contributed by atoms with Crippen LogP contribution in [0.4, 0.5) is 0 Å². The number of rotatable bonds is 4. The van der Waals surface area contributed by atoms with Gasteiger partial charge in [-0.2, -0.15) is 5.10 Å². The van der Waals surface area contributed by atoms with Crippen LogP contribution in [0.1, 0.15) is 60.2 Å². The first-order valence-electron chi connectivity index (χ1n) is 16.2. The van der Waals surface area contributed by atoms with Crippen LogP contribution in [0, 0.1) is 12.3 Å². The quantitative estimate of drug-likeness (QED) is 0.164. The van der Waals surface area contributed by atoms with Gasteiger partial charge in [0.25, 0.3) is 0 Å². The van der Waals surface area contributed by atoms with Crippen molar-refractivity contribution in [2.24, 2.45) is 5.41 Å². The predicted molar refractivity (Wildman–Crippen MR) is 182 cm³/mol. The number of pyridine rings is 1. The number of allylic oxidation sites excluding steroid dienone is 2. The number of hydrogen-bond acceptors (Lipinski definition) is 8. The number of fused-ring (bicyclic) bond motifs is 3. The zero-order chi connectivity index (χ0) is 32.9. The number of aryl methyl sites for hydroxylation is 1. The lowest BCUT2D eigenvalue weighted by Crippen LogP contribution is -2.45. The number of likely N-dealkylation sites (tertiary alicyclic amines) is 1. The van der Waals surface area contributed by atoms with Crippen molar-refractivity contribution in [2.75, 3.05) is 20.1 Å². The lowest BCUT2D eigenvalue weighted by Gasteiger charge is -2.27. The van der Waals surface area contributed by atoms with E-state index in [0.717, 1.165) is 54.7 Å². The minimum Gasteiger partial charge on any atom is -0.327 e. The number of aromatic nitrogens is 5. The molecule has 1 aromatic carbocycles. The Labute approximate surface area is 282 Å². The van der Waals surface area contributed by atoms with Gasteiger partial charge in [-0.15, -0.1) is 0 Å². The van der Waals surface area contributed by atoms with E-state index in [-0.39, 0.29) is 41.9 Å². The van der Waals surface area contributed by atoms with Crippen LogP contribution in [0.5, 0.6) is 0 Å². The molecule has 47 heavy (non-hydrogen) atoms. The number of benzene rings is 1. The van der Waals surface area contributed by atoms with Crippen LogP contribution in [-0.2, 0) is 29.0 Å². The van der Waals surface area contributed by atoms with E-state index in [9.17, 15) is 14.4 Å². The van der Waals surface area contributed by atoms with E-state index < -0.39 is 6.04 Å². The lowest BCUT2D eigenvalue weighted by molar-refractivity contribution is -0.139. The molecule has 1 saturated heterocycles. The summed E-state index contributed by atoms with van der Waals surface area (Å²) in [5.74, 6) is 0.350. The zero-order valence-corrected chi connectivity index (χ0v) is 28.5. The molecule has 3 aliphatic rings. The molecule has 0 radical (unpaired) electrons. The average molecular weight is 697 g/mol. The average Bonchev–Trinajstić information content (AvgIpc) is 3.44. The highest BCUT2D eigenvalue weighted by Crippen LogP contribution is 2.60. The summed E-state index contributed by atoms with van der Waals surface area (Å²) < 4.78 is 2.31. The molecule has 242 valence electrons. The van der Waals surface area contributed by atoms with Gasteiger partial charge in [0.1, 0.15) is 22.7 Å². The number of carbonyl (C=O) groups is 3. The van der Waals surface area contributed by atoms with Crippen molar-refractivity contribution in [3.63, 3.8) is 0 Å². The van der Waals surface area contributed by atoms with E-state index in [1.807, 2.05) is 42.2 Å². The number of amides is 1. The molecule has 2 bridgehead atoms. The number of Topliss-reactive ketones (excluding diaryl/α,β-unsaturated/α-hetero) is 2. The third-order valence-electron chi connectivity index (χ3n) is 9.94. The Morgan fingerprint density at radius 1 is 1.06 bits per heavy atom. The molecule has 3 aromatic heterocycles. The molecule has 1 saturated carbocycles. The van der Waals surface area contributed by atoms with Crippen molar-refractivity contribution < 1.29 is 14.4 Å². The molecule has 0 N–H and O–H groups in total. The van der Waals surface area contributed by atoms with Crippen LogP contribution in [0.15, 0.2) is 59.5 Å². The van der Waals surface area contributed by atoms with Gasteiger partial charge in [0.05, 0.1) is 23.7 Å². The maximum Gasteiger partial charge on any atom is 0.245 e. The number of carbonyl (C=O) groups excluding carboxylic acids is 3. The molecular weight excluding hydrogens is 658 g/mol. The molecule has 5 heterocycles. The number of hydrogen-bond donors (Lipinski definition) is 0. The number of halogens is 1. The second kappa shape index (κ2) is 12.5. The van der Waals surface area contributed by atoms with Gasteiger partial charge in [-0.3, -0.25) is 19.1 Å². The topological polar surface area (TPSA) is 114 Å². The van der Waals surface area contributed by atoms with E-state index in [1.54, 1.807) is 17.1 Å². The highest BCUT2D eigenvalue weighted by atomic mass is 79.9. The Morgan fingerprint density at radius 3 is 2.66 bits per heavy atom. The van der Waals surface area contributed by atoms with Gasteiger partial charge in [-0.05, 0) is 97.9 Å². The molecular formula is C36H38BrN7O3. The van der Waals surface area contributed by atoms with Crippen LogP contribution in [0.2, 0.25) is 0 Å². The van der Waals surface area contributed by atoms with E-state index in [4.69, 9.17) is 4.98 Å². The Balaban J connectivity index is 1.21. The first kappa shape index (κ1) is 31.5. The highest BCUT2D eigenvalue weighted by Gasteiger charge is 2.66. The highest BCUT2D eigenvalue weighted by molar-refractivity contribution is 9.10. The molecule has 10 nitrogen and oxygen atoms in total. The first-order chi connectivity index (χ1) is 22.6. The number of ketones is 2. The monoisotopic (exact) mass is 695 g/mol. The van der Waals surface area contributed by atoms with Crippen molar-refractivity contribution in [3.8, 4) is 11.1 Å². The van der Waals surface area contributed by atoms with E-state index in [2.05, 4.69) is 55.1 Å². The maximum atomic E-state index is 14.3. The lowest BCUT2D eigenvalue weighted by atomic mass is 9.94. The van der Waals surface area contributed by atoms with Crippen molar-refractivity contribution in [1.82, 2.24) is 34.5 Å². The van der Waals surface area contributed by atoms with Crippen LogP contribution in [-0.4, -0.2) is 84.2 Å². The van der Waals surface area contributed by atoms with Gasteiger partial charge in [-0.1, -0.05) is 24.3 Å². The summed E-state index contributed by atoms with van der Waals surface area (Å²) in [6.45, 7) is 5.06. The third kappa shape index (κ3) is 6.18. The minimum absolute atomic E-state index is 0.00335. The molecule has 3 atom stereocenters. The molecule has 4 aromatic rings. The largest absolute Gasteiger partial charge is 0.327 e. The Bertz CT molecular complexity index is 1920. The van der Waals surface area contributed by atoms with E-state index in [0.29, 0.717) is 39.9 Å². The Morgan fingerprint density at radius 2 is 1.87 bits per heavy atom. The van der Waals surface area contributed by atoms with Gasteiger partial charge in [-0.25, -0.2) is 15.0 Å². The SMILES string of the molecule is CC(=O)c1nn(CC(=O)N2[C@H]3C[C@]4(C[C@@H]24)CN(C)CCCC=CCc2ccc(Br)nc2CC3=O)c2ccc(-c3cnc(C)nc3)cc12. The molecule has 11 heteroatoms. The molecule has 1 spiro atoms. The van der Waals surface area contributed by atoms with Gasteiger partial charge in [0.15, 0.2) is 11.6 Å². The van der Waals surface area contributed by atoms with Gasteiger partial charge < -0.3 is 9.80 Å². The summed E-state index contributed by atoms with van der Waals surface area (Å²) in [4.78, 5) is 58.7. The minimum atomic E-state index is -0.536. The maximum absolute atomic E-state index is 14.3. The van der Waals surface area contributed by atoms with Crippen LogP contribution in [0.3, 0.4) is 0 Å². The number of nitrogens with zero attached hydrogens (tertiary/aromatic N) is 7. The normalized spacial score (nSPS) is 23.2. The first-order valence-corrected chi connectivity index (χ1v) is 17.0. The van der Waals surface area contributed by atoms with E-state index >= 15 is 0 Å². The fraction of sp³-hybridized carbons (Fsp3) is 0.417. The molecule has 2 aliphatic heterocycles. The molecule has 1 aliphatic carbocycles. The fourth-order valence-corrected chi connectivity index (χ4v) is 7.88. The van der Waals surface area contributed by atoms with Crippen molar-refractivity contribution in [2.45, 2.75) is 71.0 Å². The molecule has 1 amide bonds. The summed E-state index contributed by atoms with van der Waals surface area (Å²) in [5, 5.41) is 5.31. The van der Waals surface area contributed by atoms with E-state index in [1.165, 1.54) is 6.92 Å². The third-order valence-corrected chi connectivity index (χ3v) is 10.4. The van der Waals surface area contributed by atoms with Crippen LogP contribution in [0.25, 0.3) is 22.0 Å². The van der Waals surface area contributed by atoms with Crippen molar-refractivity contribution in [1.29, 1.82) is 0 Å². The second-order valence-corrected chi connectivity index (χ2v) is 14.2. The molecule has 2 fully saturated rings. The number of piperidine rings is 1. The summed E-state index contributed by atoms with van der Waals surface area (Å²) >= 11 is 3.49. The fourth-order valence-electron chi connectivity index (χ4n) is 7.53. The summed E-state index contributed by atoms with van der Waals surface area (Å²) in [6, 6.07) is 9.13. The van der Waals surface area contributed by atoms with Crippen molar-refractivity contribution >= 4 is 44.3 Å². The van der Waals surface area contributed by atoms with Gasteiger partial charge >= 0.3 is 0 Å². The van der Waals surface area contributed by atoms with Gasteiger partial charge in [0, 0.05) is 48.3 Å². The van der Waals surface area contributed by atoms with Crippen LogP contribution >= 0.6 is 15.9 Å². The Kier molecular flexibility index (Phi) is 8.38. The van der Waals surface area contributed by atoms with Crippen LogP contribution < -0.4 is 0 Å². The standard InChI is InChI=1S/C36H38BrN7O3/c1-22(45)35-27-14-25(26-18-38-23(2)39-19-26)9-11-29(27)43(41-35)20-34(47)44-30-16-36(17-32(36)44)21-42(3)13-7-5-4-6-8-24-10-12-33(37)40-28(24)15-31(30)46/h4,6,9-12,14,18-19,30,32H,5,7-8,13,15-17,20-21H2,1-3H3/t30-,32+,36-/m0/s1. The predicted octanol–water partition coefficient (Wildman–Crippen LogP) is 5.16. The smallest absolute Gasteiger partial charge is 0.245 e. The second-order valence-electron chi connectivity index (χ2n) is 13.4. The summed E-state index contributed by atoms with van der Waals surface area (Å²) in [5.41, 5.74) is 4.36. The Hall–Kier alpha value is -4.09. The molecule has 7 rings (SSSR count). The summed E-state index contributed by atoms with van der Waals surface area (Å²) in [6.07, 6.45) is 12.3. The zero-order valence-electron chi connectivity index (χ0n) is 26.9. The van der Waals surface area contributed by atoms with Crippen molar-refractivity contribution in [3.05, 3.63) is 82.3 Å². The molecule has 0 unspecified atom stereocenters. The van der Waals surface area contributed by atoms with Gasteiger partial charge in [0.2, 0.25) is 5.91 Å².